The van der Waals surface area contributed by atoms with Crippen molar-refractivity contribution in [2.24, 2.45) is 0 Å². The first kappa shape index (κ1) is 26.1. The molecule has 0 bridgehead atoms. The second-order valence-corrected chi connectivity index (χ2v) is 11.6. The molecule has 0 spiro atoms. The molecule has 0 aliphatic carbocycles. The van der Waals surface area contributed by atoms with Gasteiger partial charge in [-0.05, 0) is 87.5 Å². The Hall–Kier alpha value is -6.37. The summed E-state index contributed by atoms with van der Waals surface area (Å²) >= 11 is 0. The van der Waals surface area contributed by atoms with Crippen LogP contribution in [0.15, 0.2) is 160 Å². The van der Waals surface area contributed by atoms with Crippen LogP contribution >= 0.6 is 0 Å². The average molecular weight is 588 g/mol. The van der Waals surface area contributed by atoms with Crippen molar-refractivity contribution in [3.8, 4) is 50.6 Å². The first-order valence-corrected chi connectivity index (χ1v) is 15.3. The highest BCUT2D eigenvalue weighted by Crippen LogP contribution is 2.43. The summed E-state index contributed by atoms with van der Waals surface area (Å²) in [6, 6.07) is 54.5. The number of hydrogen-bond acceptors (Lipinski definition) is 3. The van der Waals surface area contributed by atoms with Crippen LogP contribution in [0.2, 0.25) is 0 Å². The zero-order chi connectivity index (χ0) is 30.6. The van der Waals surface area contributed by atoms with Gasteiger partial charge in [0.15, 0.2) is 0 Å². The van der Waals surface area contributed by atoms with Crippen molar-refractivity contribution >= 4 is 43.9 Å². The number of para-hydroxylation sites is 2. The van der Waals surface area contributed by atoms with Crippen LogP contribution in [-0.2, 0) is 0 Å². The number of nitriles is 1. The van der Waals surface area contributed by atoms with Crippen LogP contribution in [0.25, 0.3) is 88.4 Å². The first-order valence-electron chi connectivity index (χ1n) is 15.3. The number of benzene rings is 7. The van der Waals surface area contributed by atoms with Gasteiger partial charge in [0.05, 0.1) is 11.6 Å². The van der Waals surface area contributed by atoms with E-state index in [9.17, 15) is 5.26 Å². The van der Waals surface area contributed by atoms with E-state index in [1.165, 1.54) is 0 Å². The minimum atomic E-state index is 0.649. The lowest BCUT2D eigenvalue weighted by molar-refractivity contribution is 0.668. The standard InChI is InChI=1S/C43H25NO2/c44-26-30-9-1-2-10-31(30)33-11-3-4-12-34(33)37-23-27(28-18-21-42-38(24-28)35-13-5-7-15-40(35)45-42)17-20-32(37)29-19-22-43-39(25-29)36-14-6-8-16-41(36)46-43/h1-25H. The van der Waals surface area contributed by atoms with Gasteiger partial charge >= 0.3 is 0 Å². The highest BCUT2D eigenvalue weighted by molar-refractivity contribution is 6.08. The van der Waals surface area contributed by atoms with E-state index in [1.807, 2.05) is 66.7 Å². The molecule has 9 rings (SSSR count). The molecular weight excluding hydrogens is 562 g/mol. The molecular formula is C43H25NO2. The molecule has 2 heterocycles. The maximum absolute atomic E-state index is 10.0. The molecule has 0 N–H and O–H groups in total. The van der Waals surface area contributed by atoms with E-state index >= 15 is 0 Å². The van der Waals surface area contributed by atoms with Crippen molar-refractivity contribution in [3.05, 3.63) is 157 Å². The highest BCUT2D eigenvalue weighted by atomic mass is 16.3. The Labute approximate surface area is 265 Å². The maximum atomic E-state index is 10.0. The van der Waals surface area contributed by atoms with Gasteiger partial charge in [-0.3, -0.25) is 0 Å². The maximum Gasteiger partial charge on any atom is 0.135 e. The second kappa shape index (κ2) is 10.4. The van der Waals surface area contributed by atoms with Crippen LogP contribution in [0.5, 0.6) is 0 Å². The molecule has 0 atom stereocenters. The monoisotopic (exact) mass is 587 g/mol. The average Bonchev–Trinajstić information content (AvgIpc) is 3.69. The van der Waals surface area contributed by atoms with Gasteiger partial charge in [-0.1, -0.05) is 103 Å². The third-order valence-electron chi connectivity index (χ3n) is 8.97. The van der Waals surface area contributed by atoms with Crippen molar-refractivity contribution in [1.29, 1.82) is 5.26 Å². The summed E-state index contributed by atoms with van der Waals surface area (Å²) < 4.78 is 12.3. The Kier molecular flexibility index (Phi) is 5.88. The van der Waals surface area contributed by atoms with Crippen LogP contribution < -0.4 is 0 Å². The van der Waals surface area contributed by atoms with Crippen LogP contribution in [0, 0.1) is 11.3 Å². The zero-order valence-corrected chi connectivity index (χ0v) is 24.7. The quantitative estimate of drug-likeness (QED) is 0.206. The second-order valence-electron chi connectivity index (χ2n) is 11.6. The molecule has 9 aromatic rings. The van der Waals surface area contributed by atoms with Gasteiger partial charge in [0.25, 0.3) is 0 Å². The molecule has 0 amide bonds. The number of rotatable bonds is 4. The fourth-order valence-corrected chi connectivity index (χ4v) is 6.77. The van der Waals surface area contributed by atoms with Gasteiger partial charge in [-0.25, -0.2) is 0 Å². The van der Waals surface area contributed by atoms with Crippen molar-refractivity contribution < 1.29 is 8.83 Å². The molecule has 0 aliphatic rings. The van der Waals surface area contributed by atoms with E-state index < -0.39 is 0 Å². The largest absolute Gasteiger partial charge is 0.456 e. The number of fused-ring (bicyclic) bond motifs is 6. The number of nitrogens with zero attached hydrogens (tertiary/aromatic N) is 1. The van der Waals surface area contributed by atoms with Crippen LogP contribution in [-0.4, -0.2) is 0 Å². The summed E-state index contributed by atoms with van der Waals surface area (Å²) in [6.45, 7) is 0. The predicted molar refractivity (Wildman–Crippen MR) is 187 cm³/mol. The Balaban J connectivity index is 1.30. The van der Waals surface area contributed by atoms with E-state index in [1.54, 1.807) is 0 Å². The lowest BCUT2D eigenvalue weighted by atomic mass is 9.86. The molecule has 0 unspecified atom stereocenters. The molecule has 3 heteroatoms. The summed E-state index contributed by atoms with van der Waals surface area (Å²) in [5.41, 5.74) is 12.7. The number of furan rings is 2. The van der Waals surface area contributed by atoms with Crippen LogP contribution in [0.3, 0.4) is 0 Å². The van der Waals surface area contributed by atoms with Gasteiger partial charge in [-0.15, -0.1) is 0 Å². The lowest BCUT2D eigenvalue weighted by Crippen LogP contribution is -1.92. The molecule has 0 saturated carbocycles. The van der Waals surface area contributed by atoms with Gasteiger partial charge < -0.3 is 8.83 Å². The molecule has 0 saturated heterocycles. The molecule has 7 aromatic carbocycles. The minimum Gasteiger partial charge on any atom is -0.456 e. The molecule has 3 nitrogen and oxygen atoms in total. The predicted octanol–water partition coefficient (Wildman–Crippen LogP) is 12.0. The van der Waals surface area contributed by atoms with E-state index in [4.69, 9.17) is 8.83 Å². The molecule has 0 radical (unpaired) electrons. The SMILES string of the molecule is N#Cc1ccccc1-c1ccccc1-c1cc(-c2ccc3oc4ccccc4c3c2)ccc1-c1ccc2oc3ccccc3c2c1. The van der Waals surface area contributed by atoms with E-state index in [0.29, 0.717) is 5.56 Å². The van der Waals surface area contributed by atoms with Crippen molar-refractivity contribution in [1.82, 2.24) is 0 Å². The Morgan fingerprint density at radius 1 is 0.348 bits per heavy atom. The van der Waals surface area contributed by atoms with E-state index in [-0.39, 0.29) is 0 Å². The third-order valence-corrected chi connectivity index (χ3v) is 8.97. The van der Waals surface area contributed by atoms with E-state index in [2.05, 4.69) is 91.0 Å². The molecule has 0 fully saturated rings. The van der Waals surface area contributed by atoms with E-state index in [0.717, 1.165) is 88.4 Å². The fourth-order valence-electron chi connectivity index (χ4n) is 6.77. The van der Waals surface area contributed by atoms with Crippen LogP contribution in [0.1, 0.15) is 5.56 Å². The Morgan fingerprint density at radius 2 is 0.826 bits per heavy atom. The first-order chi connectivity index (χ1) is 22.7. The van der Waals surface area contributed by atoms with Gasteiger partial charge in [0.2, 0.25) is 0 Å². The van der Waals surface area contributed by atoms with Gasteiger partial charge in [-0.2, -0.15) is 5.26 Å². The van der Waals surface area contributed by atoms with Crippen molar-refractivity contribution in [2.45, 2.75) is 0 Å². The summed E-state index contributed by atoms with van der Waals surface area (Å²) in [4.78, 5) is 0. The van der Waals surface area contributed by atoms with Gasteiger partial charge in [0.1, 0.15) is 22.3 Å². The van der Waals surface area contributed by atoms with Crippen LogP contribution in [0.4, 0.5) is 0 Å². The number of hydrogen-bond donors (Lipinski definition) is 0. The zero-order valence-electron chi connectivity index (χ0n) is 24.7. The highest BCUT2D eigenvalue weighted by Gasteiger charge is 2.18. The summed E-state index contributed by atoms with van der Waals surface area (Å²) in [5, 5.41) is 14.4. The topological polar surface area (TPSA) is 50.1 Å². The fraction of sp³-hybridized carbons (Fsp3) is 0. The Bertz CT molecular complexity index is 2670. The lowest BCUT2D eigenvalue weighted by Gasteiger charge is -2.17. The Morgan fingerprint density at radius 3 is 1.50 bits per heavy atom. The minimum absolute atomic E-state index is 0.649. The molecule has 214 valence electrons. The smallest absolute Gasteiger partial charge is 0.135 e. The van der Waals surface area contributed by atoms with Crippen molar-refractivity contribution in [3.63, 3.8) is 0 Å². The van der Waals surface area contributed by atoms with Crippen molar-refractivity contribution in [2.75, 3.05) is 0 Å². The summed E-state index contributed by atoms with van der Waals surface area (Å²) in [7, 11) is 0. The molecule has 2 aromatic heterocycles. The van der Waals surface area contributed by atoms with Gasteiger partial charge in [0, 0.05) is 27.1 Å². The third kappa shape index (κ3) is 4.13. The summed E-state index contributed by atoms with van der Waals surface area (Å²) in [6.07, 6.45) is 0. The normalized spacial score (nSPS) is 11.5. The molecule has 0 aliphatic heterocycles. The molecule has 46 heavy (non-hydrogen) atoms. The summed E-state index contributed by atoms with van der Waals surface area (Å²) in [5.74, 6) is 0.